The third-order valence-corrected chi connectivity index (χ3v) is 5.20. The Morgan fingerprint density at radius 1 is 1.50 bits per heavy atom. The van der Waals surface area contributed by atoms with Crippen molar-refractivity contribution in [3.8, 4) is 0 Å². The van der Waals surface area contributed by atoms with E-state index in [0.717, 1.165) is 6.54 Å². The molecule has 0 radical (unpaired) electrons. The number of hydrogen-bond donors (Lipinski definition) is 1. The third-order valence-electron chi connectivity index (χ3n) is 3.55. The fourth-order valence-electron chi connectivity index (χ4n) is 2.09. The van der Waals surface area contributed by atoms with E-state index in [2.05, 4.69) is 47.2 Å². The van der Waals surface area contributed by atoms with Gasteiger partial charge in [-0.1, -0.05) is 13.8 Å². The minimum Gasteiger partial charge on any atom is -0.313 e. The van der Waals surface area contributed by atoms with Gasteiger partial charge in [0.15, 0.2) is 0 Å². The standard InChI is InChI=1S/C13H20BrNS/c1-3-8-15-11(13(2)6-7-13)9-10-4-5-12(14)16-10/h4-5,11,15H,3,6-9H2,1-2H3. The first kappa shape index (κ1) is 12.6. The molecule has 0 amide bonds. The first-order chi connectivity index (χ1) is 7.64. The minimum atomic E-state index is 0.561. The number of rotatable bonds is 6. The molecule has 1 fully saturated rings. The Kier molecular flexibility index (Phi) is 4.09. The lowest BCUT2D eigenvalue weighted by atomic mass is 9.95. The molecule has 0 bridgehead atoms. The van der Waals surface area contributed by atoms with Gasteiger partial charge in [0.1, 0.15) is 0 Å². The number of thiophene rings is 1. The molecule has 0 aliphatic heterocycles. The van der Waals surface area contributed by atoms with Gasteiger partial charge in [0.25, 0.3) is 0 Å². The van der Waals surface area contributed by atoms with E-state index >= 15 is 0 Å². The Balaban J connectivity index is 1.96. The monoisotopic (exact) mass is 301 g/mol. The third kappa shape index (κ3) is 3.08. The van der Waals surface area contributed by atoms with E-state index < -0.39 is 0 Å². The molecule has 1 atom stereocenters. The lowest BCUT2D eigenvalue weighted by Crippen LogP contribution is -2.38. The van der Waals surface area contributed by atoms with Crippen molar-refractivity contribution in [2.75, 3.05) is 6.54 Å². The lowest BCUT2D eigenvalue weighted by Gasteiger charge is -2.24. The number of nitrogens with one attached hydrogen (secondary N) is 1. The molecule has 3 heteroatoms. The van der Waals surface area contributed by atoms with Crippen LogP contribution >= 0.6 is 27.3 Å². The first-order valence-corrected chi connectivity index (χ1v) is 7.72. The second-order valence-electron chi connectivity index (χ2n) is 5.07. The van der Waals surface area contributed by atoms with E-state index in [1.807, 2.05) is 11.3 Å². The zero-order chi connectivity index (χ0) is 11.6. The van der Waals surface area contributed by atoms with Gasteiger partial charge in [-0.2, -0.15) is 0 Å². The summed E-state index contributed by atoms with van der Waals surface area (Å²) < 4.78 is 1.25. The number of hydrogen-bond acceptors (Lipinski definition) is 2. The molecule has 1 nitrogen and oxygen atoms in total. The summed E-state index contributed by atoms with van der Waals surface area (Å²) in [6, 6.07) is 5.07. The smallest absolute Gasteiger partial charge is 0.0701 e. The van der Waals surface area contributed by atoms with Crippen LogP contribution in [-0.4, -0.2) is 12.6 Å². The summed E-state index contributed by atoms with van der Waals surface area (Å²) in [6.45, 7) is 5.80. The van der Waals surface area contributed by atoms with Crippen LogP contribution in [0.3, 0.4) is 0 Å². The van der Waals surface area contributed by atoms with Gasteiger partial charge in [-0.3, -0.25) is 0 Å². The molecular weight excluding hydrogens is 282 g/mol. The van der Waals surface area contributed by atoms with Crippen LogP contribution in [0.15, 0.2) is 15.9 Å². The van der Waals surface area contributed by atoms with Crippen LogP contribution in [0, 0.1) is 5.41 Å². The van der Waals surface area contributed by atoms with Crippen LogP contribution in [0.2, 0.25) is 0 Å². The predicted molar refractivity (Wildman–Crippen MR) is 75.1 cm³/mol. The van der Waals surface area contributed by atoms with Crippen molar-refractivity contribution in [2.24, 2.45) is 5.41 Å². The summed E-state index contributed by atoms with van der Waals surface area (Å²) in [6.07, 6.45) is 5.19. The van der Waals surface area contributed by atoms with Crippen LogP contribution in [0.5, 0.6) is 0 Å². The molecular formula is C13H20BrNS. The van der Waals surface area contributed by atoms with Gasteiger partial charge in [0.2, 0.25) is 0 Å². The molecule has 0 saturated heterocycles. The van der Waals surface area contributed by atoms with Gasteiger partial charge in [-0.15, -0.1) is 11.3 Å². The Morgan fingerprint density at radius 2 is 2.25 bits per heavy atom. The summed E-state index contributed by atoms with van der Waals surface area (Å²) in [7, 11) is 0. The van der Waals surface area contributed by atoms with E-state index in [-0.39, 0.29) is 0 Å². The van der Waals surface area contributed by atoms with Crippen molar-refractivity contribution < 1.29 is 0 Å². The predicted octanol–water partition coefficient (Wildman–Crippen LogP) is 4.22. The lowest BCUT2D eigenvalue weighted by molar-refractivity contribution is 0.356. The van der Waals surface area contributed by atoms with E-state index in [0.29, 0.717) is 11.5 Å². The van der Waals surface area contributed by atoms with Crippen LogP contribution in [0.4, 0.5) is 0 Å². The van der Waals surface area contributed by atoms with Gasteiger partial charge in [-0.05, 0) is 65.7 Å². The maximum absolute atomic E-state index is 3.72. The van der Waals surface area contributed by atoms with Gasteiger partial charge < -0.3 is 5.32 Å². The van der Waals surface area contributed by atoms with Crippen LogP contribution in [0.25, 0.3) is 0 Å². The summed E-state index contributed by atoms with van der Waals surface area (Å²) in [5.74, 6) is 0. The highest BCUT2D eigenvalue weighted by molar-refractivity contribution is 9.11. The average molecular weight is 302 g/mol. The Hall–Kier alpha value is 0.140. The van der Waals surface area contributed by atoms with Crippen molar-refractivity contribution in [1.82, 2.24) is 5.32 Å². The zero-order valence-corrected chi connectivity index (χ0v) is 12.5. The second-order valence-corrected chi connectivity index (χ2v) is 7.62. The molecule has 1 N–H and O–H groups in total. The highest BCUT2D eigenvalue weighted by atomic mass is 79.9. The van der Waals surface area contributed by atoms with Gasteiger partial charge in [0, 0.05) is 10.9 Å². The topological polar surface area (TPSA) is 12.0 Å². The zero-order valence-electron chi connectivity index (χ0n) is 10.1. The average Bonchev–Trinajstić information content (AvgIpc) is 2.86. The molecule has 0 spiro atoms. The van der Waals surface area contributed by atoms with Crippen molar-refractivity contribution in [1.29, 1.82) is 0 Å². The molecule has 2 rings (SSSR count). The summed E-state index contributed by atoms with van der Waals surface area (Å²) in [4.78, 5) is 1.49. The van der Waals surface area contributed by atoms with Crippen LogP contribution in [0.1, 0.15) is 38.0 Å². The Morgan fingerprint density at radius 3 is 2.75 bits per heavy atom. The second kappa shape index (κ2) is 5.19. The minimum absolute atomic E-state index is 0.561. The SMILES string of the molecule is CCCNC(Cc1ccc(Br)s1)C1(C)CC1. The van der Waals surface area contributed by atoms with E-state index in [4.69, 9.17) is 0 Å². The number of halogens is 1. The summed E-state index contributed by atoms with van der Waals surface area (Å²) >= 11 is 5.41. The van der Waals surface area contributed by atoms with E-state index in [9.17, 15) is 0 Å². The Labute approximate surface area is 111 Å². The van der Waals surface area contributed by atoms with Gasteiger partial charge in [0.05, 0.1) is 3.79 Å². The summed E-state index contributed by atoms with van der Waals surface area (Å²) in [5.41, 5.74) is 0.561. The van der Waals surface area contributed by atoms with E-state index in [1.54, 1.807) is 0 Å². The largest absolute Gasteiger partial charge is 0.313 e. The normalized spacial score (nSPS) is 19.7. The summed E-state index contributed by atoms with van der Waals surface area (Å²) in [5, 5.41) is 3.72. The fraction of sp³-hybridized carbons (Fsp3) is 0.692. The highest BCUT2D eigenvalue weighted by Gasteiger charge is 2.44. The molecule has 16 heavy (non-hydrogen) atoms. The van der Waals surface area contributed by atoms with Gasteiger partial charge >= 0.3 is 0 Å². The maximum Gasteiger partial charge on any atom is 0.0701 e. The van der Waals surface area contributed by atoms with Crippen molar-refractivity contribution in [2.45, 2.75) is 45.6 Å². The molecule has 90 valence electrons. The molecule has 1 aliphatic carbocycles. The van der Waals surface area contributed by atoms with Gasteiger partial charge in [-0.25, -0.2) is 0 Å². The molecule has 1 heterocycles. The Bertz CT molecular complexity index is 343. The molecule has 1 unspecified atom stereocenters. The van der Waals surface area contributed by atoms with Crippen molar-refractivity contribution in [3.05, 3.63) is 20.8 Å². The maximum atomic E-state index is 3.72. The molecule has 1 aromatic rings. The van der Waals surface area contributed by atoms with Crippen LogP contribution < -0.4 is 5.32 Å². The fourth-order valence-corrected chi connectivity index (χ4v) is 3.62. The van der Waals surface area contributed by atoms with Crippen molar-refractivity contribution >= 4 is 27.3 Å². The quantitative estimate of drug-likeness (QED) is 0.829. The highest BCUT2D eigenvalue weighted by Crippen LogP contribution is 2.49. The van der Waals surface area contributed by atoms with Crippen molar-refractivity contribution in [3.63, 3.8) is 0 Å². The molecule has 1 aromatic heterocycles. The molecule has 0 aromatic carbocycles. The molecule has 1 aliphatic rings. The van der Waals surface area contributed by atoms with Crippen LogP contribution in [-0.2, 0) is 6.42 Å². The molecule has 1 saturated carbocycles. The van der Waals surface area contributed by atoms with E-state index in [1.165, 1.54) is 34.3 Å². The first-order valence-electron chi connectivity index (χ1n) is 6.11.